The summed E-state index contributed by atoms with van der Waals surface area (Å²) >= 11 is 0. The molecule has 0 unspecified atom stereocenters. The van der Waals surface area contributed by atoms with E-state index in [4.69, 9.17) is 5.73 Å². The first-order valence-electron chi connectivity index (χ1n) is 4.65. The maximum Gasteiger partial charge on any atom is 0.0346 e. The van der Waals surface area contributed by atoms with Crippen LogP contribution in [0.4, 0.5) is 5.69 Å². The minimum absolute atomic E-state index is 0.939. The summed E-state index contributed by atoms with van der Waals surface area (Å²) in [5, 5.41) is 0. The first-order chi connectivity index (χ1) is 5.77. The summed E-state index contributed by atoms with van der Waals surface area (Å²) < 4.78 is 0. The standard InChI is InChI=1S/C11H17N/c1-3-5-10-8-9(4-2)6-7-11(10)12/h6-8H,3-5,12H2,1-2H3. The molecule has 0 aliphatic rings. The van der Waals surface area contributed by atoms with Gasteiger partial charge in [-0.25, -0.2) is 0 Å². The van der Waals surface area contributed by atoms with Gasteiger partial charge in [-0.2, -0.15) is 0 Å². The smallest absolute Gasteiger partial charge is 0.0346 e. The lowest BCUT2D eigenvalue weighted by molar-refractivity contribution is 0.920. The first kappa shape index (κ1) is 9.11. The Morgan fingerprint density at radius 1 is 1.25 bits per heavy atom. The molecule has 12 heavy (non-hydrogen) atoms. The van der Waals surface area contributed by atoms with Crippen molar-refractivity contribution in [3.05, 3.63) is 29.3 Å². The number of hydrogen-bond acceptors (Lipinski definition) is 1. The van der Waals surface area contributed by atoms with Gasteiger partial charge in [0.1, 0.15) is 0 Å². The molecule has 0 amide bonds. The van der Waals surface area contributed by atoms with Gasteiger partial charge in [-0.3, -0.25) is 0 Å². The van der Waals surface area contributed by atoms with Crippen molar-refractivity contribution in [2.24, 2.45) is 0 Å². The van der Waals surface area contributed by atoms with Crippen LogP contribution >= 0.6 is 0 Å². The maximum atomic E-state index is 5.83. The third-order valence-electron chi connectivity index (χ3n) is 2.13. The molecule has 0 fully saturated rings. The summed E-state index contributed by atoms with van der Waals surface area (Å²) in [6.45, 7) is 4.35. The van der Waals surface area contributed by atoms with Crippen LogP contribution in [0.5, 0.6) is 0 Å². The molecule has 0 aromatic heterocycles. The summed E-state index contributed by atoms with van der Waals surface area (Å²) in [7, 11) is 0. The summed E-state index contributed by atoms with van der Waals surface area (Å²) in [5.41, 5.74) is 9.45. The lowest BCUT2D eigenvalue weighted by atomic mass is 10.0. The third kappa shape index (κ3) is 2.00. The van der Waals surface area contributed by atoms with Crippen LogP contribution < -0.4 is 5.73 Å². The van der Waals surface area contributed by atoms with Crippen molar-refractivity contribution >= 4 is 5.69 Å². The van der Waals surface area contributed by atoms with Gasteiger partial charge in [0, 0.05) is 5.69 Å². The number of nitrogen functional groups attached to an aromatic ring is 1. The Kier molecular flexibility index (Phi) is 3.15. The van der Waals surface area contributed by atoms with Crippen molar-refractivity contribution in [1.82, 2.24) is 0 Å². The van der Waals surface area contributed by atoms with Crippen molar-refractivity contribution in [2.45, 2.75) is 33.1 Å². The second-order valence-corrected chi connectivity index (χ2v) is 3.14. The molecule has 0 bridgehead atoms. The van der Waals surface area contributed by atoms with Crippen molar-refractivity contribution in [3.8, 4) is 0 Å². The van der Waals surface area contributed by atoms with E-state index >= 15 is 0 Å². The zero-order valence-electron chi connectivity index (χ0n) is 7.93. The van der Waals surface area contributed by atoms with Crippen LogP contribution in [0.25, 0.3) is 0 Å². The van der Waals surface area contributed by atoms with E-state index in [0.29, 0.717) is 0 Å². The fraction of sp³-hybridized carbons (Fsp3) is 0.455. The van der Waals surface area contributed by atoms with E-state index in [2.05, 4.69) is 26.0 Å². The van der Waals surface area contributed by atoms with E-state index in [9.17, 15) is 0 Å². The average molecular weight is 163 g/mol. The van der Waals surface area contributed by atoms with Gasteiger partial charge < -0.3 is 5.73 Å². The fourth-order valence-electron chi connectivity index (χ4n) is 1.36. The average Bonchev–Trinajstić information content (AvgIpc) is 2.09. The second-order valence-electron chi connectivity index (χ2n) is 3.14. The highest BCUT2D eigenvalue weighted by Crippen LogP contribution is 2.16. The fourth-order valence-corrected chi connectivity index (χ4v) is 1.36. The second kappa shape index (κ2) is 4.15. The van der Waals surface area contributed by atoms with Crippen molar-refractivity contribution in [2.75, 3.05) is 5.73 Å². The van der Waals surface area contributed by atoms with E-state index in [0.717, 1.165) is 24.9 Å². The normalized spacial score (nSPS) is 10.2. The van der Waals surface area contributed by atoms with Crippen molar-refractivity contribution in [3.63, 3.8) is 0 Å². The van der Waals surface area contributed by atoms with Gasteiger partial charge in [0.25, 0.3) is 0 Å². The molecular weight excluding hydrogens is 146 g/mol. The zero-order chi connectivity index (χ0) is 8.97. The van der Waals surface area contributed by atoms with E-state index in [1.165, 1.54) is 11.1 Å². The molecule has 1 rings (SSSR count). The predicted molar refractivity (Wildman–Crippen MR) is 54.2 cm³/mol. The van der Waals surface area contributed by atoms with E-state index < -0.39 is 0 Å². The molecule has 0 saturated carbocycles. The van der Waals surface area contributed by atoms with Gasteiger partial charge in [0.05, 0.1) is 0 Å². The molecule has 0 saturated heterocycles. The Hall–Kier alpha value is -0.980. The van der Waals surface area contributed by atoms with Crippen LogP contribution in [0.1, 0.15) is 31.4 Å². The maximum absolute atomic E-state index is 5.83. The first-order valence-corrected chi connectivity index (χ1v) is 4.65. The molecule has 0 heterocycles. The largest absolute Gasteiger partial charge is 0.399 e. The molecule has 0 radical (unpaired) electrons. The van der Waals surface area contributed by atoms with Crippen molar-refractivity contribution in [1.29, 1.82) is 0 Å². The minimum Gasteiger partial charge on any atom is -0.399 e. The number of rotatable bonds is 3. The summed E-state index contributed by atoms with van der Waals surface area (Å²) in [5.74, 6) is 0. The Labute approximate surface area is 74.6 Å². The molecule has 0 aliphatic carbocycles. The van der Waals surface area contributed by atoms with Gasteiger partial charge in [0.15, 0.2) is 0 Å². The molecule has 2 N–H and O–H groups in total. The van der Waals surface area contributed by atoms with Crippen molar-refractivity contribution < 1.29 is 0 Å². The van der Waals surface area contributed by atoms with Gasteiger partial charge in [-0.05, 0) is 30.0 Å². The minimum atomic E-state index is 0.939. The van der Waals surface area contributed by atoms with Crippen LogP contribution in [-0.2, 0) is 12.8 Å². The van der Waals surface area contributed by atoms with Gasteiger partial charge in [0.2, 0.25) is 0 Å². The monoisotopic (exact) mass is 163 g/mol. The highest BCUT2D eigenvalue weighted by atomic mass is 14.6. The van der Waals surface area contributed by atoms with E-state index in [1.54, 1.807) is 0 Å². The van der Waals surface area contributed by atoms with Crippen LogP contribution in [-0.4, -0.2) is 0 Å². The Bertz CT molecular complexity index is 253. The molecule has 1 aromatic rings. The summed E-state index contributed by atoms with van der Waals surface area (Å²) in [6.07, 6.45) is 3.36. The molecule has 0 aliphatic heterocycles. The molecule has 1 aromatic carbocycles. The van der Waals surface area contributed by atoms with Gasteiger partial charge in [-0.1, -0.05) is 32.4 Å². The molecular formula is C11H17N. The van der Waals surface area contributed by atoms with Crippen LogP contribution in [0.3, 0.4) is 0 Å². The Balaban J connectivity index is 2.91. The van der Waals surface area contributed by atoms with E-state index in [1.807, 2.05) is 6.07 Å². The number of anilines is 1. The number of benzene rings is 1. The Morgan fingerprint density at radius 3 is 2.58 bits per heavy atom. The lowest BCUT2D eigenvalue weighted by Gasteiger charge is -2.05. The molecule has 0 spiro atoms. The number of aryl methyl sites for hydroxylation is 2. The van der Waals surface area contributed by atoms with E-state index in [-0.39, 0.29) is 0 Å². The third-order valence-corrected chi connectivity index (χ3v) is 2.13. The summed E-state index contributed by atoms with van der Waals surface area (Å²) in [6, 6.07) is 6.34. The number of nitrogens with two attached hydrogens (primary N) is 1. The molecule has 1 nitrogen and oxygen atoms in total. The predicted octanol–water partition coefficient (Wildman–Crippen LogP) is 2.78. The highest BCUT2D eigenvalue weighted by molar-refractivity contribution is 5.48. The molecule has 1 heteroatoms. The van der Waals surface area contributed by atoms with Gasteiger partial charge >= 0.3 is 0 Å². The highest BCUT2D eigenvalue weighted by Gasteiger charge is 1.98. The number of hydrogen-bond donors (Lipinski definition) is 1. The van der Waals surface area contributed by atoms with Crippen LogP contribution in [0, 0.1) is 0 Å². The zero-order valence-corrected chi connectivity index (χ0v) is 7.93. The van der Waals surface area contributed by atoms with Crippen LogP contribution in [0.2, 0.25) is 0 Å². The lowest BCUT2D eigenvalue weighted by Crippen LogP contribution is -1.95. The topological polar surface area (TPSA) is 26.0 Å². The SMILES string of the molecule is CCCc1cc(CC)ccc1N. The summed E-state index contributed by atoms with van der Waals surface area (Å²) in [4.78, 5) is 0. The van der Waals surface area contributed by atoms with Crippen LogP contribution in [0.15, 0.2) is 18.2 Å². The van der Waals surface area contributed by atoms with Gasteiger partial charge in [-0.15, -0.1) is 0 Å². The Morgan fingerprint density at radius 2 is 2.00 bits per heavy atom. The quantitative estimate of drug-likeness (QED) is 0.681. The molecule has 66 valence electrons. The molecule has 0 atom stereocenters.